The van der Waals surface area contributed by atoms with Gasteiger partial charge in [-0.25, -0.2) is 4.79 Å². The molecule has 0 fully saturated rings. The smallest absolute Gasteiger partial charge is 0.344 e. The first-order chi connectivity index (χ1) is 6.32. The third-order valence-electron chi connectivity index (χ3n) is 1.66. The average molecular weight is 215 g/mol. The summed E-state index contributed by atoms with van der Waals surface area (Å²) in [5.74, 6) is -0.981. The van der Waals surface area contributed by atoms with E-state index in [2.05, 4.69) is 10.5 Å². The van der Waals surface area contributed by atoms with Gasteiger partial charge in [0, 0.05) is 5.41 Å². The van der Waals surface area contributed by atoms with Gasteiger partial charge in [-0.1, -0.05) is 20.8 Å². The summed E-state index contributed by atoms with van der Waals surface area (Å²) in [4.78, 5) is 11.1. The number of nitrogens with one attached hydrogen (secondary N) is 1. The molecule has 0 unspecified atom stereocenters. The summed E-state index contributed by atoms with van der Waals surface area (Å²) < 4.78 is 0. The Labute approximate surface area is 86.4 Å². The first kappa shape index (κ1) is 10.9. The molecular weight excluding hydrogens is 202 g/mol. The molecule has 0 aliphatic carbocycles. The molecule has 1 aliphatic rings. The van der Waals surface area contributed by atoms with Gasteiger partial charge >= 0.3 is 5.97 Å². The third-order valence-corrected chi connectivity index (χ3v) is 2.54. The Kier molecular flexibility index (Phi) is 2.75. The zero-order valence-corrected chi connectivity index (χ0v) is 9.10. The molecule has 78 valence electrons. The maximum absolute atomic E-state index is 10.9. The summed E-state index contributed by atoms with van der Waals surface area (Å²) in [6.07, 6.45) is 0. The van der Waals surface area contributed by atoms with Crippen LogP contribution in [0.25, 0.3) is 0 Å². The van der Waals surface area contributed by atoms with Gasteiger partial charge in [0.1, 0.15) is 4.91 Å². The topological polar surface area (TPSA) is 87.7 Å². The molecule has 6 heteroatoms. The van der Waals surface area contributed by atoms with E-state index in [-0.39, 0.29) is 15.5 Å². The summed E-state index contributed by atoms with van der Waals surface area (Å²) >= 11 is 0.975. The highest BCUT2D eigenvalue weighted by Gasteiger charge is 2.28. The second kappa shape index (κ2) is 3.53. The molecule has 0 aromatic carbocycles. The molecule has 1 heterocycles. The van der Waals surface area contributed by atoms with Gasteiger partial charge in [-0.05, 0) is 11.8 Å². The highest BCUT2D eigenvalue weighted by atomic mass is 32.2. The average Bonchev–Trinajstić information content (AvgIpc) is 2.01. The molecular formula is C8H13N3O2S. The van der Waals surface area contributed by atoms with E-state index in [9.17, 15) is 4.79 Å². The molecule has 0 aromatic heterocycles. The van der Waals surface area contributed by atoms with Crippen LogP contribution in [0.3, 0.4) is 0 Å². The van der Waals surface area contributed by atoms with Gasteiger partial charge in [0.15, 0.2) is 5.17 Å². The number of allylic oxidation sites excluding steroid dienone is 1. The zero-order chi connectivity index (χ0) is 10.9. The van der Waals surface area contributed by atoms with E-state index in [0.29, 0.717) is 5.70 Å². The van der Waals surface area contributed by atoms with Crippen LogP contribution in [0, 0.1) is 5.41 Å². The van der Waals surface area contributed by atoms with Crippen molar-refractivity contribution in [1.82, 2.24) is 5.43 Å². The summed E-state index contributed by atoms with van der Waals surface area (Å²) in [5.41, 5.74) is 8.40. The number of hydrogen-bond donors (Lipinski definition) is 3. The molecule has 0 radical (unpaired) electrons. The van der Waals surface area contributed by atoms with E-state index < -0.39 is 5.97 Å². The minimum Gasteiger partial charge on any atom is -0.477 e. The standard InChI is InChI=1S/C8H13N3O2S/c1-8(2,3)5-4(6(12)13)14-7(9)11-10-5/h10H,1-3H3,(H2,9,11)(H,12,13). The maximum atomic E-state index is 10.9. The molecule has 0 saturated carbocycles. The lowest BCUT2D eigenvalue weighted by Crippen LogP contribution is -2.30. The monoisotopic (exact) mass is 215 g/mol. The van der Waals surface area contributed by atoms with Crippen molar-refractivity contribution in [2.75, 3.05) is 0 Å². The number of hydrazone groups is 1. The molecule has 14 heavy (non-hydrogen) atoms. The minimum atomic E-state index is -0.981. The van der Waals surface area contributed by atoms with Crippen molar-refractivity contribution in [3.63, 3.8) is 0 Å². The molecule has 4 N–H and O–H groups in total. The Hall–Kier alpha value is -1.17. The van der Waals surface area contributed by atoms with Crippen LogP contribution in [-0.4, -0.2) is 16.2 Å². The van der Waals surface area contributed by atoms with Crippen LogP contribution in [0.15, 0.2) is 15.7 Å². The molecule has 1 aliphatic heterocycles. The highest BCUT2D eigenvalue weighted by molar-refractivity contribution is 8.17. The molecule has 0 atom stereocenters. The Morgan fingerprint density at radius 1 is 1.57 bits per heavy atom. The summed E-state index contributed by atoms with van der Waals surface area (Å²) in [5, 5.41) is 13.0. The number of carboxylic acid groups (broad SMARTS) is 1. The van der Waals surface area contributed by atoms with Crippen molar-refractivity contribution in [3.05, 3.63) is 10.6 Å². The third kappa shape index (κ3) is 2.20. The molecule has 0 saturated heterocycles. The van der Waals surface area contributed by atoms with Crippen molar-refractivity contribution < 1.29 is 9.90 Å². The van der Waals surface area contributed by atoms with Crippen molar-refractivity contribution in [1.29, 1.82) is 0 Å². The largest absolute Gasteiger partial charge is 0.477 e. The van der Waals surface area contributed by atoms with Crippen LogP contribution in [0.2, 0.25) is 0 Å². The number of aliphatic carboxylic acids is 1. The van der Waals surface area contributed by atoms with Crippen LogP contribution in [0.1, 0.15) is 20.8 Å². The van der Waals surface area contributed by atoms with Crippen molar-refractivity contribution in [2.45, 2.75) is 20.8 Å². The number of thioether (sulfide) groups is 1. The number of hydrogen-bond acceptors (Lipinski definition) is 5. The number of nitrogens with zero attached hydrogens (tertiary/aromatic N) is 1. The van der Waals surface area contributed by atoms with Crippen LogP contribution in [0.5, 0.6) is 0 Å². The molecule has 0 spiro atoms. The Morgan fingerprint density at radius 2 is 2.14 bits per heavy atom. The first-order valence-corrected chi connectivity index (χ1v) is 4.89. The van der Waals surface area contributed by atoms with Gasteiger partial charge < -0.3 is 10.8 Å². The van der Waals surface area contributed by atoms with Gasteiger partial charge in [-0.15, -0.1) is 0 Å². The molecule has 0 bridgehead atoms. The predicted molar refractivity (Wildman–Crippen MR) is 56.5 cm³/mol. The second-order valence-corrected chi connectivity index (χ2v) is 4.95. The lowest BCUT2D eigenvalue weighted by molar-refractivity contribution is -0.131. The fourth-order valence-corrected chi connectivity index (χ4v) is 1.84. The molecule has 0 amide bonds. The van der Waals surface area contributed by atoms with Gasteiger partial charge in [0.2, 0.25) is 0 Å². The SMILES string of the molecule is CC(C)(C)C1=C(C(=O)O)SC(N)=NN1. The van der Waals surface area contributed by atoms with Crippen molar-refractivity contribution >= 4 is 22.9 Å². The normalized spacial score (nSPS) is 17.5. The molecule has 1 rings (SSSR count). The molecule has 5 nitrogen and oxygen atoms in total. The van der Waals surface area contributed by atoms with Gasteiger partial charge in [0.25, 0.3) is 0 Å². The fraction of sp³-hybridized carbons (Fsp3) is 0.500. The number of rotatable bonds is 1. The van der Waals surface area contributed by atoms with Crippen LogP contribution >= 0.6 is 11.8 Å². The van der Waals surface area contributed by atoms with E-state index in [1.807, 2.05) is 20.8 Å². The van der Waals surface area contributed by atoms with E-state index >= 15 is 0 Å². The van der Waals surface area contributed by atoms with Crippen LogP contribution in [0.4, 0.5) is 0 Å². The van der Waals surface area contributed by atoms with Crippen LogP contribution in [-0.2, 0) is 4.79 Å². The summed E-state index contributed by atoms with van der Waals surface area (Å²) in [7, 11) is 0. The summed E-state index contributed by atoms with van der Waals surface area (Å²) in [6, 6.07) is 0. The highest BCUT2D eigenvalue weighted by Crippen LogP contribution is 2.33. The van der Waals surface area contributed by atoms with Crippen molar-refractivity contribution in [3.8, 4) is 0 Å². The van der Waals surface area contributed by atoms with Gasteiger partial charge in [0.05, 0.1) is 5.70 Å². The predicted octanol–water partition coefficient (Wildman–Crippen LogP) is 0.895. The number of nitrogens with two attached hydrogens (primary N) is 1. The van der Waals surface area contributed by atoms with Crippen molar-refractivity contribution in [2.24, 2.45) is 16.3 Å². The van der Waals surface area contributed by atoms with E-state index in [4.69, 9.17) is 10.8 Å². The Morgan fingerprint density at radius 3 is 2.57 bits per heavy atom. The number of carboxylic acids is 1. The van der Waals surface area contributed by atoms with Gasteiger partial charge in [-0.2, -0.15) is 5.10 Å². The zero-order valence-electron chi connectivity index (χ0n) is 8.29. The molecule has 0 aromatic rings. The Balaban J connectivity index is 3.09. The fourth-order valence-electron chi connectivity index (χ4n) is 0.999. The number of amidine groups is 1. The van der Waals surface area contributed by atoms with E-state index in [1.54, 1.807) is 0 Å². The maximum Gasteiger partial charge on any atom is 0.344 e. The van der Waals surface area contributed by atoms with E-state index in [0.717, 1.165) is 11.8 Å². The quantitative estimate of drug-likeness (QED) is 0.604. The van der Waals surface area contributed by atoms with Crippen LogP contribution < -0.4 is 11.2 Å². The van der Waals surface area contributed by atoms with Gasteiger partial charge in [-0.3, -0.25) is 5.43 Å². The number of carbonyl (C=O) groups is 1. The minimum absolute atomic E-state index is 0.213. The lowest BCUT2D eigenvalue weighted by atomic mass is 9.92. The first-order valence-electron chi connectivity index (χ1n) is 4.07. The Bertz CT molecular complexity index is 328. The summed E-state index contributed by atoms with van der Waals surface area (Å²) in [6.45, 7) is 5.74. The lowest BCUT2D eigenvalue weighted by Gasteiger charge is -2.26. The van der Waals surface area contributed by atoms with E-state index in [1.165, 1.54) is 0 Å². The second-order valence-electron chi connectivity index (χ2n) is 3.92.